The molecule has 0 saturated carbocycles. The Bertz CT molecular complexity index is 628. The number of amides is 1. The van der Waals surface area contributed by atoms with Crippen LogP contribution in [-0.2, 0) is 4.79 Å². The molecule has 1 heterocycles. The minimum Gasteiger partial charge on any atom is -0.481 e. The Kier molecular flexibility index (Phi) is 4.44. The Hall–Kier alpha value is -2.44. The second-order valence-corrected chi connectivity index (χ2v) is 5.68. The number of carboxylic acid groups (broad SMARTS) is 1. The highest BCUT2D eigenvalue weighted by atomic mass is 16.6. The van der Waals surface area contributed by atoms with Gasteiger partial charge >= 0.3 is 5.97 Å². The Morgan fingerprint density at radius 3 is 2.64 bits per heavy atom. The number of nitro groups is 1. The van der Waals surface area contributed by atoms with Gasteiger partial charge < -0.3 is 10.0 Å². The van der Waals surface area contributed by atoms with E-state index in [0.29, 0.717) is 18.4 Å². The van der Waals surface area contributed by atoms with Gasteiger partial charge in [-0.25, -0.2) is 0 Å². The summed E-state index contributed by atoms with van der Waals surface area (Å²) >= 11 is 0. The van der Waals surface area contributed by atoms with Gasteiger partial charge in [-0.15, -0.1) is 0 Å². The van der Waals surface area contributed by atoms with Crippen LogP contribution in [0.15, 0.2) is 18.2 Å². The minimum absolute atomic E-state index is 0.0801. The van der Waals surface area contributed by atoms with Crippen LogP contribution >= 0.6 is 0 Å². The second-order valence-electron chi connectivity index (χ2n) is 5.68. The molecule has 2 unspecified atom stereocenters. The maximum Gasteiger partial charge on any atom is 0.308 e. The van der Waals surface area contributed by atoms with Crippen molar-refractivity contribution in [1.82, 2.24) is 4.90 Å². The molecule has 1 aromatic carbocycles. The summed E-state index contributed by atoms with van der Waals surface area (Å²) in [5, 5.41) is 20.1. The minimum atomic E-state index is -0.917. The molecule has 7 heteroatoms. The molecule has 1 aromatic rings. The van der Waals surface area contributed by atoms with Crippen LogP contribution in [0, 0.1) is 23.0 Å². The van der Waals surface area contributed by atoms with Gasteiger partial charge in [0.15, 0.2) is 0 Å². The van der Waals surface area contributed by atoms with E-state index in [1.54, 1.807) is 13.0 Å². The van der Waals surface area contributed by atoms with Crippen LogP contribution in [0.4, 0.5) is 5.69 Å². The number of hydrogen-bond acceptors (Lipinski definition) is 4. The number of hydrogen-bond donors (Lipinski definition) is 1. The third kappa shape index (κ3) is 3.08. The number of nitro benzene ring substituents is 1. The molecule has 1 N–H and O–H groups in total. The molecule has 1 aliphatic heterocycles. The molecule has 2 atom stereocenters. The average Bonchev–Trinajstić information content (AvgIpc) is 2.47. The summed E-state index contributed by atoms with van der Waals surface area (Å²) in [4.78, 5) is 35.7. The van der Waals surface area contributed by atoms with E-state index in [0.717, 1.165) is 0 Å². The van der Waals surface area contributed by atoms with Gasteiger partial charge in [-0.1, -0.05) is 6.07 Å². The molecule has 22 heavy (non-hydrogen) atoms. The molecule has 1 amide bonds. The van der Waals surface area contributed by atoms with E-state index in [-0.39, 0.29) is 29.7 Å². The van der Waals surface area contributed by atoms with Crippen molar-refractivity contribution < 1.29 is 19.6 Å². The van der Waals surface area contributed by atoms with Gasteiger partial charge in [-0.3, -0.25) is 19.7 Å². The van der Waals surface area contributed by atoms with Gasteiger partial charge in [-0.2, -0.15) is 0 Å². The highest BCUT2D eigenvalue weighted by Crippen LogP contribution is 2.26. The summed E-state index contributed by atoms with van der Waals surface area (Å²) in [6.45, 7) is 3.60. The van der Waals surface area contributed by atoms with Gasteiger partial charge in [0.2, 0.25) is 0 Å². The molecule has 0 bridgehead atoms. The topological polar surface area (TPSA) is 101 Å². The first kappa shape index (κ1) is 15.9. The number of carbonyl (C=O) groups excluding carboxylic acids is 1. The molecular formula is C15H18N2O5. The number of nitrogens with zero attached hydrogens (tertiary/aromatic N) is 2. The zero-order valence-electron chi connectivity index (χ0n) is 12.5. The van der Waals surface area contributed by atoms with Crippen molar-refractivity contribution in [3.63, 3.8) is 0 Å². The standard InChI is InChI=1S/C15H18N2O5/c1-9-3-5-11(7-13(9)17(21)22)14(18)16-8-12(15(19)20)6-4-10(16)2/h3,5,7,10,12H,4,6,8H2,1-2H3,(H,19,20). The molecule has 0 aromatic heterocycles. The number of carboxylic acids is 1. The molecular weight excluding hydrogens is 288 g/mol. The lowest BCUT2D eigenvalue weighted by Gasteiger charge is -2.36. The highest BCUT2D eigenvalue weighted by Gasteiger charge is 2.33. The largest absolute Gasteiger partial charge is 0.481 e. The summed E-state index contributed by atoms with van der Waals surface area (Å²) < 4.78 is 0. The third-order valence-electron chi connectivity index (χ3n) is 4.14. The zero-order valence-corrected chi connectivity index (χ0v) is 12.5. The average molecular weight is 306 g/mol. The summed E-state index contributed by atoms with van der Waals surface area (Å²) in [7, 11) is 0. The quantitative estimate of drug-likeness (QED) is 0.681. The molecule has 1 saturated heterocycles. The van der Waals surface area contributed by atoms with Gasteiger partial charge in [-0.05, 0) is 32.8 Å². The lowest BCUT2D eigenvalue weighted by atomic mass is 9.93. The van der Waals surface area contributed by atoms with Gasteiger partial charge in [0.25, 0.3) is 11.6 Å². The Morgan fingerprint density at radius 2 is 2.05 bits per heavy atom. The number of carbonyl (C=O) groups is 2. The monoisotopic (exact) mass is 306 g/mol. The fourth-order valence-corrected chi connectivity index (χ4v) is 2.70. The lowest BCUT2D eigenvalue weighted by molar-refractivity contribution is -0.385. The SMILES string of the molecule is Cc1ccc(C(=O)N2CC(C(=O)O)CCC2C)cc1[N+](=O)[O-]. The summed E-state index contributed by atoms with van der Waals surface area (Å²) in [6.07, 6.45) is 1.14. The molecule has 0 aliphatic carbocycles. The molecule has 0 spiro atoms. The normalized spacial score (nSPS) is 21.5. The van der Waals surface area contributed by atoms with Crippen LogP contribution in [0.2, 0.25) is 0 Å². The number of aliphatic carboxylic acids is 1. The van der Waals surface area contributed by atoms with Crippen molar-refractivity contribution in [2.75, 3.05) is 6.54 Å². The molecule has 7 nitrogen and oxygen atoms in total. The van der Waals surface area contributed by atoms with Crippen molar-refractivity contribution >= 4 is 17.6 Å². The van der Waals surface area contributed by atoms with Crippen LogP contribution in [0.3, 0.4) is 0 Å². The van der Waals surface area contributed by atoms with Crippen molar-refractivity contribution in [1.29, 1.82) is 0 Å². The third-order valence-corrected chi connectivity index (χ3v) is 4.14. The maximum absolute atomic E-state index is 12.6. The summed E-state index contributed by atoms with van der Waals surface area (Å²) in [6, 6.07) is 4.26. The summed E-state index contributed by atoms with van der Waals surface area (Å²) in [5.74, 6) is -1.86. The molecule has 1 aliphatic rings. The fourth-order valence-electron chi connectivity index (χ4n) is 2.70. The Morgan fingerprint density at radius 1 is 1.36 bits per heavy atom. The van der Waals surface area contributed by atoms with E-state index in [2.05, 4.69) is 0 Å². The second kappa shape index (κ2) is 6.13. The fraction of sp³-hybridized carbons (Fsp3) is 0.467. The van der Waals surface area contributed by atoms with E-state index in [1.807, 2.05) is 6.92 Å². The number of rotatable bonds is 3. The Labute approximate surface area is 127 Å². The van der Waals surface area contributed by atoms with E-state index >= 15 is 0 Å². The maximum atomic E-state index is 12.6. The van der Waals surface area contributed by atoms with Crippen molar-refractivity contribution in [2.45, 2.75) is 32.7 Å². The molecule has 2 rings (SSSR count). The van der Waals surface area contributed by atoms with Crippen LogP contribution in [0.5, 0.6) is 0 Å². The highest BCUT2D eigenvalue weighted by molar-refractivity contribution is 5.95. The first-order chi connectivity index (χ1) is 10.3. The van der Waals surface area contributed by atoms with E-state index in [1.165, 1.54) is 17.0 Å². The summed E-state index contributed by atoms with van der Waals surface area (Å²) in [5.41, 5.74) is 0.595. The first-order valence-electron chi connectivity index (χ1n) is 7.10. The van der Waals surface area contributed by atoms with E-state index in [4.69, 9.17) is 5.11 Å². The number of benzene rings is 1. The van der Waals surface area contributed by atoms with Gasteiger partial charge in [0, 0.05) is 29.8 Å². The van der Waals surface area contributed by atoms with Crippen molar-refractivity contribution in [2.24, 2.45) is 5.92 Å². The first-order valence-corrected chi connectivity index (χ1v) is 7.10. The van der Waals surface area contributed by atoms with Crippen molar-refractivity contribution in [3.05, 3.63) is 39.4 Å². The predicted octanol–water partition coefficient (Wildman–Crippen LogP) is 2.23. The molecule has 0 radical (unpaired) electrons. The number of likely N-dealkylation sites (tertiary alicyclic amines) is 1. The van der Waals surface area contributed by atoms with Gasteiger partial charge in [0.05, 0.1) is 10.8 Å². The van der Waals surface area contributed by atoms with Gasteiger partial charge in [0.1, 0.15) is 0 Å². The van der Waals surface area contributed by atoms with E-state index < -0.39 is 16.8 Å². The van der Waals surface area contributed by atoms with Crippen molar-refractivity contribution in [3.8, 4) is 0 Å². The van der Waals surface area contributed by atoms with Crippen LogP contribution in [0.25, 0.3) is 0 Å². The molecule has 1 fully saturated rings. The van der Waals surface area contributed by atoms with E-state index in [9.17, 15) is 19.7 Å². The number of piperidine rings is 1. The van der Waals surface area contributed by atoms with Crippen LogP contribution < -0.4 is 0 Å². The lowest BCUT2D eigenvalue weighted by Crippen LogP contribution is -2.47. The number of aryl methyl sites for hydroxylation is 1. The smallest absolute Gasteiger partial charge is 0.308 e. The van der Waals surface area contributed by atoms with Crippen LogP contribution in [-0.4, -0.2) is 39.4 Å². The van der Waals surface area contributed by atoms with Crippen LogP contribution in [0.1, 0.15) is 35.7 Å². The Balaban J connectivity index is 2.28. The predicted molar refractivity (Wildman–Crippen MR) is 78.7 cm³/mol. The molecule has 118 valence electrons. The zero-order chi connectivity index (χ0) is 16.4.